The predicted octanol–water partition coefficient (Wildman–Crippen LogP) is -5.48. The van der Waals surface area contributed by atoms with E-state index in [4.69, 9.17) is 14.2 Å². The van der Waals surface area contributed by atoms with E-state index in [0.717, 1.165) is 13.8 Å². The number of aliphatic hydroxyl groups excluding tert-OH is 6. The minimum Gasteiger partial charge on any atom is -0.394 e. The van der Waals surface area contributed by atoms with Gasteiger partial charge in [0.15, 0.2) is 17.9 Å². The highest BCUT2D eigenvalue weighted by Crippen LogP contribution is 2.40. The van der Waals surface area contributed by atoms with Crippen LogP contribution in [-0.4, -0.2) is 126 Å². The van der Waals surface area contributed by atoms with Crippen LogP contribution in [-0.2, 0) is 23.8 Å². The molecule has 10 atom stereocenters. The van der Waals surface area contributed by atoms with Crippen LogP contribution in [0.15, 0.2) is 0 Å². The molecule has 8 N–H and O–H groups in total. The van der Waals surface area contributed by atoms with Crippen molar-refractivity contribution >= 4 is 11.6 Å². The van der Waals surface area contributed by atoms with Crippen molar-refractivity contribution in [2.24, 2.45) is 0 Å². The molecule has 13 nitrogen and oxygen atoms in total. The Balaban J connectivity index is 2.39. The third-order valence-corrected chi connectivity index (χ3v) is 5.28. The zero-order valence-corrected chi connectivity index (χ0v) is 15.7. The van der Waals surface area contributed by atoms with Gasteiger partial charge in [-0.15, -0.1) is 0 Å². The van der Waals surface area contributed by atoms with Crippen molar-refractivity contribution in [2.45, 2.75) is 74.3 Å². The average Bonchev–Trinajstić information content (AvgIpc) is 2.67. The van der Waals surface area contributed by atoms with Crippen molar-refractivity contribution in [1.82, 2.24) is 0 Å². The van der Waals surface area contributed by atoms with Crippen LogP contribution in [0.4, 0.5) is 0 Å². The van der Waals surface area contributed by atoms with E-state index in [1.54, 1.807) is 0 Å². The van der Waals surface area contributed by atoms with Crippen LogP contribution in [0.25, 0.3) is 0 Å². The molecule has 2 aliphatic heterocycles. The molecule has 0 amide bonds. The van der Waals surface area contributed by atoms with E-state index in [0.29, 0.717) is 0 Å². The van der Waals surface area contributed by atoms with E-state index < -0.39 is 85.2 Å². The van der Waals surface area contributed by atoms with Gasteiger partial charge >= 0.3 is 0 Å². The molecule has 0 radical (unpaired) electrons. The molecule has 0 saturated carbocycles. The number of ketones is 2. The molecule has 2 rings (SSSR count). The minimum atomic E-state index is -3.21. The van der Waals surface area contributed by atoms with Crippen LogP contribution in [0.2, 0.25) is 0 Å². The van der Waals surface area contributed by atoms with Gasteiger partial charge in [0.2, 0.25) is 5.60 Å². The molecule has 29 heavy (non-hydrogen) atoms. The third kappa shape index (κ3) is 3.73. The van der Waals surface area contributed by atoms with Gasteiger partial charge in [-0.25, -0.2) is 0 Å². The Bertz CT molecular complexity index is 626. The maximum Gasteiger partial charge on any atom is 0.266 e. The van der Waals surface area contributed by atoms with E-state index in [9.17, 15) is 50.4 Å². The fraction of sp³-hybridized carbons (Fsp3) is 0.875. The summed E-state index contributed by atoms with van der Waals surface area (Å²) in [7, 11) is 0. The lowest BCUT2D eigenvalue weighted by Gasteiger charge is -2.52. The van der Waals surface area contributed by atoms with Gasteiger partial charge in [-0.1, -0.05) is 0 Å². The molecule has 168 valence electrons. The zero-order valence-electron chi connectivity index (χ0n) is 15.7. The molecule has 0 aliphatic carbocycles. The highest BCUT2D eigenvalue weighted by Gasteiger charge is 2.69. The Hall–Kier alpha value is -1.10. The Labute approximate surface area is 164 Å². The Morgan fingerprint density at radius 2 is 1.45 bits per heavy atom. The van der Waals surface area contributed by atoms with Crippen molar-refractivity contribution in [1.29, 1.82) is 0 Å². The molecule has 0 bridgehead atoms. The number of carbonyl (C=O) groups is 2. The molecule has 0 aromatic carbocycles. The van der Waals surface area contributed by atoms with Crippen molar-refractivity contribution in [3.05, 3.63) is 0 Å². The predicted molar refractivity (Wildman–Crippen MR) is 87.9 cm³/mol. The van der Waals surface area contributed by atoms with Crippen molar-refractivity contribution in [3.63, 3.8) is 0 Å². The van der Waals surface area contributed by atoms with E-state index in [2.05, 4.69) is 0 Å². The number of hydrogen-bond acceptors (Lipinski definition) is 13. The van der Waals surface area contributed by atoms with Gasteiger partial charge in [0.05, 0.1) is 13.2 Å². The molecule has 1 unspecified atom stereocenters. The normalized spacial score (nSPS) is 48.3. The highest BCUT2D eigenvalue weighted by atomic mass is 16.7. The van der Waals surface area contributed by atoms with Gasteiger partial charge in [0.25, 0.3) is 5.79 Å². The van der Waals surface area contributed by atoms with Crippen LogP contribution in [0.1, 0.15) is 13.8 Å². The first-order valence-electron chi connectivity index (χ1n) is 8.76. The van der Waals surface area contributed by atoms with Crippen molar-refractivity contribution in [2.75, 3.05) is 13.2 Å². The fourth-order valence-electron chi connectivity index (χ4n) is 3.45. The topological polar surface area (TPSA) is 224 Å². The molecule has 0 aromatic heterocycles. The zero-order chi connectivity index (χ0) is 22.3. The maximum atomic E-state index is 12.0. The van der Waals surface area contributed by atoms with Crippen LogP contribution in [0.3, 0.4) is 0 Å². The number of hydrogen-bond donors (Lipinski definition) is 8. The summed E-state index contributed by atoms with van der Waals surface area (Å²) in [6.45, 7) is -0.194. The first-order valence-corrected chi connectivity index (χ1v) is 8.76. The van der Waals surface area contributed by atoms with Crippen LogP contribution < -0.4 is 0 Å². The van der Waals surface area contributed by atoms with Gasteiger partial charge in [-0.3, -0.25) is 9.59 Å². The van der Waals surface area contributed by atoms with Crippen molar-refractivity contribution < 1.29 is 64.7 Å². The highest BCUT2D eigenvalue weighted by molar-refractivity contribution is 5.97. The number of ether oxygens (including phenoxy) is 3. The Morgan fingerprint density at radius 3 is 1.90 bits per heavy atom. The van der Waals surface area contributed by atoms with Crippen LogP contribution in [0.5, 0.6) is 0 Å². The smallest absolute Gasteiger partial charge is 0.266 e. The first-order chi connectivity index (χ1) is 13.4. The van der Waals surface area contributed by atoms with Gasteiger partial charge in [-0.2, -0.15) is 0 Å². The number of Topliss-reactive ketones (excluding diaryl/α,β-unsaturated/α-hetero) is 2. The summed E-state index contributed by atoms with van der Waals surface area (Å²) in [5.74, 6) is -5.71. The lowest BCUT2D eigenvalue weighted by molar-refractivity contribution is -0.387. The third-order valence-electron chi connectivity index (χ3n) is 5.28. The van der Waals surface area contributed by atoms with E-state index >= 15 is 0 Å². The molecule has 0 spiro atoms. The molecular formula is C16H26O13. The summed E-state index contributed by atoms with van der Waals surface area (Å²) in [6, 6.07) is 0. The van der Waals surface area contributed by atoms with Gasteiger partial charge in [0, 0.05) is 6.92 Å². The lowest BCUT2D eigenvalue weighted by atomic mass is 9.75. The Kier molecular flexibility index (Phi) is 7.14. The van der Waals surface area contributed by atoms with Crippen molar-refractivity contribution in [3.8, 4) is 0 Å². The van der Waals surface area contributed by atoms with E-state index in [-0.39, 0.29) is 0 Å². The molecule has 13 heteroatoms. The molecule has 0 aromatic rings. The molecule has 2 heterocycles. The largest absolute Gasteiger partial charge is 0.394 e. The van der Waals surface area contributed by atoms with Gasteiger partial charge in [0.1, 0.15) is 42.7 Å². The number of aliphatic hydroxyl groups is 8. The molecule has 2 fully saturated rings. The standard InChI is InChI=1S/C16H26O13/c1-5(19)15(25)13(24)12(8(4-18)29-16(15,26)6(2)20)28-14-11(23)10(22)9(21)7(3-17)27-14/h7-14,17-18,21-26H,3-4H2,1-2H3/t7-,8-,9+,10+,11-,12-,13+,14+,15-,16?/m1/s1. The minimum absolute atomic E-state index is 0.769. The maximum absolute atomic E-state index is 12.0. The van der Waals surface area contributed by atoms with Crippen LogP contribution in [0, 0.1) is 0 Å². The second-order valence-corrected chi connectivity index (χ2v) is 7.10. The lowest BCUT2D eigenvalue weighted by Crippen LogP contribution is -2.78. The second-order valence-electron chi connectivity index (χ2n) is 7.10. The molecule has 2 aliphatic rings. The average molecular weight is 426 g/mol. The summed E-state index contributed by atoms with van der Waals surface area (Å²) < 4.78 is 15.5. The van der Waals surface area contributed by atoms with Crippen LogP contribution >= 0.6 is 0 Å². The monoisotopic (exact) mass is 426 g/mol. The molecular weight excluding hydrogens is 400 g/mol. The van der Waals surface area contributed by atoms with Gasteiger partial charge in [-0.05, 0) is 6.92 Å². The summed E-state index contributed by atoms with van der Waals surface area (Å²) in [4.78, 5) is 23.9. The van der Waals surface area contributed by atoms with E-state index in [1.807, 2.05) is 0 Å². The number of rotatable bonds is 6. The number of carbonyl (C=O) groups excluding carboxylic acids is 2. The first kappa shape index (κ1) is 24.2. The molecule has 2 saturated heterocycles. The van der Waals surface area contributed by atoms with E-state index in [1.165, 1.54) is 0 Å². The summed E-state index contributed by atoms with van der Waals surface area (Å²) in [5.41, 5.74) is -3.21. The summed E-state index contributed by atoms with van der Waals surface area (Å²) in [6.07, 6.45) is -14.5. The van der Waals surface area contributed by atoms with Gasteiger partial charge < -0.3 is 55.1 Å². The summed E-state index contributed by atoms with van der Waals surface area (Å²) in [5, 5.41) is 80.2. The summed E-state index contributed by atoms with van der Waals surface area (Å²) >= 11 is 0. The SMILES string of the molecule is CC(=O)C1(O)O[C@H](CO)[C@@H](O[C@@H]2O[C@H](CO)[C@H](O)[C@H](O)[C@H]2O)[C@H](O)[C@]1(O)C(C)=O. The fourth-order valence-corrected chi connectivity index (χ4v) is 3.45. The second kappa shape index (κ2) is 8.56. The quantitative estimate of drug-likeness (QED) is 0.199. The Morgan fingerprint density at radius 1 is 0.897 bits per heavy atom.